The smallest absolute Gasteiger partial charge is 0.129 e. The lowest BCUT2D eigenvalue weighted by molar-refractivity contribution is 0.126. The number of nitrogens with zero attached hydrogens (tertiary/aromatic N) is 2. The van der Waals surface area contributed by atoms with Crippen molar-refractivity contribution in [3.63, 3.8) is 0 Å². The summed E-state index contributed by atoms with van der Waals surface area (Å²) in [5.41, 5.74) is 1.30. The quantitative estimate of drug-likeness (QED) is 0.875. The number of nitrogens with one attached hydrogen (secondary N) is 1. The first-order chi connectivity index (χ1) is 10.2. The number of anilines is 1. The first-order valence-corrected chi connectivity index (χ1v) is 8.34. The van der Waals surface area contributed by atoms with Gasteiger partial charge in [-0.2, -0.15) is 0 Å². The van der Waals surface area contributed by atoms with Gasteiger partial charge in [0.25, 0.3) is 0 Å². The Morgan fingerprint density at radius 2 is 2.10 bits per heavy atom. The molecule has 0 amide bonds. The third-order valence-electron chi connectivity index (χ3n) is 4.94. The fraction of sp³-hybridized carbons (Fsp3) is 0.706. The Balaban J connectivity index is 1.77. The number of aliphatic hydroxyl groups is 1. The zero-order chi connectivity index (χ0) is 14.8. The molecule has 2 aliphatic heterocycles. The molecule has 3 unspecified atom stereocenters. The monoisotopic (exact) mass is 289 g/mol. The van der Waals surface area contributed by atoms with Gasteiger partial charge in [0.1, 0.15) is 5.82 Å². The van der Waals surface area contributed by atoms with Crippen molar-refractivity contribution < 1.29 is 5.11 Å². The number of pyridine rings is 1. The molecule has 3 rings (SSSR count). The molecule has 21 heavy (non-hydrogen) atoms. The van der Waals surface area contributed by atoms with Gasteiger partial charge in [-0.05, 0) is 63.3 Å². The van der Waals surface area contributed by atoms with Crippen LogP contribution in [0.25, 0.3) is 0 Å². The number of rotatable bonds is 5. The molecule has 0 spiro atoms. The van der Waals surface area contributed by atoms with Gasteiger partial charge < -0.3 is 15.3 Å². The highest BCUT2D eigenvalue weighted by Gasteiger charge is 2.40. The first-order valence-electron chi connectivity index (χ1n) is 8.34. The average Bonchev–Trinajstić information content (AvgIpc) is 2.77. The zero-order valence-electron chi connectivity index (χ0n) is 13.1. The van der Waals surface area contributed by atoms with Crippen molar-refractivity contribution >= 4 is 5.82 Å². The van der Waals surface area contributed by atoms with Crippen LogP contribution in [0.3, 0.4) is 0 Å². The summed E-state index contributed by atoms with van der Waals surface area (Å²) < 4.78 is 0. The molecule has 1 aromatic heterocycles. The second kappa shape index (κ2) is 6.32. The Kier molecular flexibility index (Phi) is 4.45. The molecule has 3 heterocycles. The number of aromatic nitrogens is 1. The summed E-state index contributed by atoms with van der Waals surface area (Å²) in [7, 11) is 0. The number of hydrogen-bond acceptors (Lipinski definition) is 4. The maximum atomic E-state index is 9.94. The van der Waals surface area contributed by atoms with E-state index in [2.05, 4.69) is 41.2 Å². The molecule has 116 valence electrons. The van der Waals surface area contributed by atoms with Gasteiger partial charge in [0.05, 0.1) is 6.10 Å². The Bertz CT molecular complexity index is 465. The fourth-order valence-electron chi connectivity index (χ4n) is 3.85. The standard InChI is InChI=1S/C17H27N3O/c1-3-7-18-12(2)13-6-8-19-17(9-13)20-14-4-5-15(20)11-16(21)10-14/h6,8-9,12,14-16,18,21H,3-5,7,10-11H2,1-2H3. The summed E-state index contributed by atoms with van der Waals surface area (Å²) in [6, 6.07) is 5.65. The molecule has 0 aromatic carbocycles. The molecule has 0 radical (unpaired) electrons. The van der Waals surface area contributed by atoms with Crippen LogP contribution >= 0.6 is 0 Å². The zero-order valence-corrected chi connectivity index (χ0v) is 13.1. The van der Waals surface area contributed by atoms with Crippen molar-refractivity contribution in [2.45, 2.75) is 70.2 Å². The van der Waals surface area contributed by atoms with Crippen LogP contribution in [0, 0.1) is 0 Å². The van der Waals surface area contributed by atoms with Crippen LogP contribution in [0.4, 0.5) is 5.82 Å². The third-order valence-corrected chi connectivity index (χ3v) is 4.94. The van der Waals surface area contributed by atoms with E-state index >= 15 is 0 Å². The van der Waals surface area contributed by atoms with Gasteiger partial charge >= 0.3 is 0 Å². The first kappa shape index (κ1) is 14.8. The summed E-state index contributed by atoms with van der Waals surface area (Å²) in [5.74, 6) is 1.09. The summed E-state index contributed by atoms with van der Waals surface area (Å²) in [6.07, 6.45) is 7.13. The minimum Gasteiger partial charge on any atom is -0.393 e. The van der Waals surface area contributed by atoms with Crippen LogP contribution in [-0.2, 0) is 0 Å². The highest BCUT2D eigenvalue weighted by atomic mass is 16.3. The highest BCUT2D eigenvalue weighted by Crippen LogP contribution is 2.38. The molecule has 0 aliphatic carbocycles. The Hall–Kier alpha value is -1.13. The van der Waals surface area contributed by atoms with Crippen molar-refractivity contribution in [2.24, 2.45) is 0 Å². The van der Waals surface area contributed by atoms with E-state index in [0.717, 1.165) is 31.6 Å². The molecule has 2 N–H and O–H groups in total. The molecule has 4 nitrogen and oxygen atoms in total. The summed E-state index contributed by atoms with van der Waals surface area (Å²) in [6.45, 7) is 5.44. The molecule has 2 bridgehead atoms. The lowest BCUT2D eigenvalue weighted by atomic mass is 9.99. The molecule has 2 aliphatic rings. The van der Waals surface area contributed by atoms with Crippen molar-refractivity contribution in [1.29, 1.82) is 0 Å². The van der Waals surface area contributed by atoms with Crippen LogP contribution in [0.5, 0.6) is 0 Å². The average molecular weight is 289 g/mol. The van der Waals surface area contributed by atoms with Crippen molar-refractivity contribution in [3.05, 3.63) is 23.9 Å². The predicted octanol–water partition coefficient (Wildman–Crippen LogP) is 2.63. The third kappa shape index (κ3) is 3.06. The number of hydrogen-bond donors (Lipinski definition) is 2. The molecular weight excluding hydrogens is 262 g/mol. The maximum Gasteiger partial charge on any atom is 0.129 e. The molecular formula is C17H27N3O. The minimum atomic E-state index is -0.118. The predicted molar refractivity (Wildman–Crippen MR) is 85.5 cm³/mol. The molecule has 1 aromatic rings. The number of piperidine rings is 1. The van der Waals surface area contributed by atoms with Gasteiger partial charge in [-0.25, -0.2) is 4.98 Å². The molecule has 3 atom stereocenters. The molecule has 0 saturated carbocycles. The van der Waals surface area contributed by atoms with Gasteiger partial charge in [0.2, 0.25) is 0 Å². The molecule has 2 saturated heterocycles. The maximum absolute atomic E-state index is 9.94. The van der Waals surface area contributed by atoms with Crippen LogP contribution in [0.15, 0.2) is 18.3 Å². The van der Waals surface area contributed by atoms with Gasteiger partial charge in [-0.15, -0.1) is 0 Å². The van der Waals surface area contributed by atoms with E-state index in [0.29, 0.717) is 18.1 Å². The lowest BCUT2D eigenvalue weighted by Crippen LogP contribution is -2.45. The van der Waals surface area contributed by atoms with Crippen LogP contribution in [0.2, 0.25) is 0 Å². The van der Waals surface area contributed by atoms with Crippen molar-refractivity contribution in [3.8, 4) is 0 Å². The topological polar surface area (TPSA) is 48.4 Å². The highest BCUT2D eigenvalue weighted by molar-refractivity contribution is 5.46. The SMILES string of the molecule is CCCNC(C)c1ccnc(N2C3CCC2CC(O)C3)c1. The van der Waals surface area contributed by atoms with E-state index in [1.54, 1.807) is 0 Å². The van der Waals surface area contributed by atoms with Gasteiger partial charge in [0, 0.05) is 24.3 Å². The summed E-state index contributed by atoms with van der Waals surface area (Å²) in [4.78, 5) is 7.07. The van der Waals surface area contributed by atoms with Crippen molar-refractivity contribution in [1.82, 2.24) is 10.3 Å². The Labute approximate surface area is 127 Å². The van der Waals surface area contributed by atoms with E-state index in [4.69, 9.17) is 0 Å². The van der Waals surface area contributed by atoms with E-state index in [1.807, 2.05) is 6.20 Å². The van der Waals surface area contributed by atoms with E-state index in [-0.39, 0.29) is 6.10 Å². The van der Waals surface area contributed by atoms with Crippen molar-refractivity contribution in [2.75, 3.05) is 11.4 Å². The number of fused-ring (bicyclic) bond motifs is 2. The molecule has 2 fully saturated rings. The normalized spacial score (nSPS) is 29.7. The van der Waals surface area contributed by atoms with Gasteiger partial charge in [-0.1, -0.05) is 6.92 Å². The largest absolute Gasteiger partial charge is 0.393 e. The van der Waals surface area contributed by atoms with Crippen LogP contribution in [-0.4, -0.2) is 34.8 Å². The molecule has 4 heteroatoms. The second-order valence-electron chi connectivity index (χ2n) is 6.54. The minimum absolute atomic E-state index is 0.118. The summed E-state index contributed by atoms with van der Waals surface area (Å²) >= 11 is 0. The van der Waals surface area contributed by atoms with E-state index in [9.17, 15) is 5.11 Å². The second-order valence-corrected chi connectivity index (χ2v) is 6.54. The van der Waals surface area contributed by atoms with Crippen LogP contribution < -0.4 is 10.2 Å². The summed E-state index contributed by atoms with van der Waals surface area (Å²) in [5, 5.41) is 13.5. The lowest BCUT2D eigenvalue weighted by Gasteiger charge is -2.38. The fourth-order valence-corrected chi connectivity index (χ4v) is 3.85. The number of aliphatic hydroxyl groups excluding tert-OH is 1. The van der Waals surface area contributed by atoms with E-state index < -0.39 is 0 Å². The Morgan fingerprint density at radius 3 is 2.76 bits per heavy atom. The van der Waals surface area contributed by atoms with Gasteiger partial charge in [-0.3, -0.25) is 0 Å². The van der Waals surface area contributed by atoms with Gasteiger partial charge in [0.15, 0.2) is 0 Å². The van der Waals surface area contributed by atoms with E-state index in [1.165, 1.54) is 18.4 Å². The van der Waals surface area contributed by atoms with Crippen LogP contribution in [0.1, 0.15) is 57.6 Å². The Morgan fingerprint density at radius 1 is 1.38 bits per heavy atom.